The molecule has 152 valence electrons. The minimum absolute atomic E-state index is 0.296. The first-order valence-electron chi connectivity index (χ1n) is 10.3. The molecule has 0 aliphatic carbocycles. The van der Waals surface area contributed by atoms with Gasteiger partial charge in [-0.2, -0.15) is 24.9 Å². The molecule has 0 rings (SSSR count). The van der Waals surface area contributed by atoms with Crippen LogP contribution in [0.5, 0.6) is 0 Å². The molecule has 1 N–H and O–H groups in total. The number of unbranched alkanes of at least 4 members (excludes halogenated alkanes) is 13. The van der Waals surface area contributed by atoms with Gasteiger partial charge in [-0.25, -0.2) is 0 Å². The third-order valence-corrected chi connectivity index (χ3v) is 5.60. The monoisotopic (exact) mass is 384 g/mol. The molecule has 0 spiro atoms. The Hall–Kier alpha value is 0.100. The maximum Gasteiger partial charge on any atom is 0.389 e. The Morgan fingerprint density at radius 1 is 0.520 bits per heavy atom. The molecule has 0 aromatic heterocycles. The predicted octanol–water partition coefficient (Wildman–Crippen LogP) is 7.52. The van der Waals surface area contributed by atoms with E-state index in [0.717, 1.165) is 31.4 Å². The standard InChI is InChI=1S/C20H39F3OS/c21-20(22,23)16-13-11-9-7-5-3-1-2-4-6-8-10-12-14-18-25-19-15-17-24/h24H,1-19H2. The van der Waals surface area contributed by atoms with Crippen LogP contribution in [0.4, 0.5) is 13.2 Å². The van der Waals surface area contributed by atoms with E-state index in [1.165, 1.54) is 70.0 Å². The van der Waals surface area contributed by atoms with Crippen LogP contribution in [0.2, 0.25) is 0 Å². The smallest absolute Gasteiger partial charge is 0.389 e. The Labute approximate surface area is 157 Å². The number of hydrogen-bond acceptors (Lipinski definition) is 2. The highest BCUT2D eigenvalue weighted by Crippen LogP contribution is 2.23. The van der Waals surface area contributed by atoms with Crippen molar-refractivity contribution >= 4 is 11.8 Å². The minimum atomic E-state index is -3.97. The highest BCUT2D eigenvalue weighted by Gasteiger charge is 2.25. The van der Waals surface area contributed by atoms with Crippen LogP contribution in [-0.2, 0) is 0 Å². The molecule has 0 bridgehead atoms. The van der Waals surface area contributed by atoms with Crippen LogP contribution < -0.4 is 0 Å². The normalized spacial score (nSPS) is 12.0. The summed E-state index contributed by atoms with van der Waals surface area (Å²) in [4.78, 5) is 0. The zero-order valence-electron chi connectivity index (χ0n) is 15.9. The van der Waals surface area contributed by atoms with Gasteiger partial charge in [-0.1, -0.05) is 77.0 Å². The van der Waals surface area contributed by atoms with E-state index in [1.807, 2.05) is 11.8 Å². The zero-order valence-corrected chi connectivity index (χ0v) is 16.7. The second-order valence-corrected chi connectivity index (χ2v) is 8.23. The summed E-state index contributed by atoms with van der Waals surface area (Å²) in [7, 11) is 0. The van der Waals surface area contributed by atoms with Crippen LogP contribution in [0, 0.1) is 0 Å². The fourth-order valence-corrected chi connectivity index (χ4v) is 3.87. The molecule has 0 amide bonds. The van der Waals surface area contributed by atoms with Gasteiger partial charge in [-0.05, 0) is 30.8 Å². The molecular weight excluding hydrogens is 345 g/mol. The van der Waals surface area contributed by atoms with Crippen LogP contribution in [-0.4, -0.2) is 29.4 Å². The average Bonchev–Trinajstić information content (AvgIpc) is 2.56. The minimum Gasteiger partial charge on any atom is -0.396 e. The molecule has 0 saturated heterocycles. The van der Waals surface area contributed by atoms with Crippen molar-refractivity contribution in [2.75, 3.05) is 18.1 Å². The molecule has 0 aliphatic heterocycles. The van der Waals surface area contributed by atoms with Gasteiger partial charge in [0.05, 0.1) is 0 Å². The number of aliphatic hydroxyl groups excluding tert-OH is 1. The molecular formula is C20H39F3OS. The predicted molar refractivity (Wildman–Crippen MR) is 104 cm³/mol. The van der Waals surface area contributed by atoms with Crippen LogP contribution in [0.1, 0.15) is 103 Å². The second kappa shape index (κ2) is 18.9. The van der Waals surface area contributed by atoms with E-state index in [4.69, 9.17) is 5.11 Å². The Kier molecular flexibility index (Phi) is 19.0. The molecule has 0 aromatic carbocycles. The van der Waals surface area contributed by atoms with Gasteiger partial charge < -0.3 is 5.11 Å². The highest BCUT2D eigenvalue weighted by molar-refractivity contribution is 7.99. The van der Waals surface area contributed by atoms with Gasteiger partial charge in [-0.3, -0.25) is 0 Å². The quantitative estimate of drug-likeness (QED) is 0.232. The number of hydrogen-bond donors (Lipinski definition) is 1. The second-order valence-electron chi connectivity index (χ2n) is 7.00. The topological polar surface area (TPSA) is 20.2 Å². The van der Waals surface area contributed by atoms with Crippen LogP contribution in [0.3, 0.4) is 0 Å². The molecule has 0 fully saturated rings. The number of alkyl halides is 3. The van der Waals surface area contributed by atoms with Crippen LogP contribution in [0.15, 0.2) is 0 Å². The molecule has 0 heterocycles. The summed E-state index contributed by atoms with van der Waals surface area (Å²) in [5.74, 6) is 2.32. The largest absolute Gasteiger partial charge is 0.396 e. The first kappa shape index (κ1) is 25.1. The van der Waals surface area contributed by atoms with E-state index in [-0.39, 0.29) is 0 Å². The summed E-state index contributed by atoms with van der Waals surface area (Å²) >= 11 is 1.95. The molecule has 0 radical (unpaired) electrons. The van der Waals surface area contributed by atoms with Gasteiger partial charge in [0.2, 0.25) is 0 Å². The SMILES string of the molecule is OCCCSCCCCCCCCCCCCCCCCC(F)(F)F. The third-order valence-electron chi connectivity index (χ3n) is 4.45. The van der Waals surface area contributed by atoms with Gasteiger partial charge in [0.1, 0.15) is 0 Å². The maximum absolute atomic E-state index is 12.0. The lowest BCUT2D eigenvalue weighted by molar-refractivity contribution is -0.135. The summed E-state index contributed by atoms with van der Waals surface area (Å²) in [6.45, 7) is 0.314. The van der Waals surface area contributed by atoms with Gasteiger partial charge in [0, 0.05) is 13.0 Å². The van der Waals surface area contributed by atoms with Crippen LogP contribution >= 0.6 is 11.8 Å². The van der Waals surface area contributed by atoms with Crippen LogP contribution in [0.25, 0.3) is 0 Å². The molecule has 0 saturated carbocycles. The van der Waals surface area contributed by atoms with Gasteiger partial charge in [0.25, 0.3) is 0 Å². The lowest BCUT2D eigenvalue weighted by Gasteiger charge is -2.05. The molecule has 5 heteroatoms. The van der Waals surface area contributed by atoms with Gasteiger partial charge in [-0.15, -0.1) is 0 Å². The first-order valence-corrected chi connectivity index (χ1v) is 11.5. The fourth-order valence-electron chi connectivity index (χ4n) is 2.92. The number of halogens is 3. The Bertz CT molecular complexity index is 260. The summed E-state index contributed by atoms with van der Waals surface area (Å²) in [5, 5.41) is 8.68. The van der Waals surface area contributed by atoms with Crippen molar-refractivity contribution in [3.05, 3.63) is 0 Å². The molecule has 25 heavy (non-hydrogen) atoms. The lowest BCUT2D eigenvalue weighted by Crippen LogP contribution is -2.06. The maximum atomic E-state index is 12.0. The van der Waals surface area contributed by atoms with Crippen molar-refractivity contribution in [3.8, 4) is 0 Å². The van der Waals surface area contributed by atoms with E-state index < -0.39 is 12.6 Å². The van der Waals surface area contributed by atoms with E-state index in [1.54, 1.807) is 0 Å². The Morgan fingerprint density at radius 3 is 1.28 bits per heavy atom. The van der Waals surface area contributed by atoms with Crippen molar-refractivity contribution in [3.63, 3.8) is 0 Å². The highest BCUT2D eigenvalue weighted by atomic mass is 32.2. The average molecular weight is 385 g/mol. The Morgan fingerprint density at radius 2 is 0.880 bits per heavy atom. The third kappa shape index (κ3) is 24.1. The summed E-state index contributed by atoms with van der Waals surface area (Å²) in [6.07, 6.45) is 12.4. The zero-order chi connectivity index (χ0) is 18.6. The molecule has 0 atom stereocenters. The van der Waals surface area contributed by atoms with Crippen molar-refractivity contribution in [2.24, 2.45) is 0 Å². The molecule has 0 aliphatic rings. The molecule has 1 nitrogen and oxygen atoms in total. The summed E-state index contributed by atoms with van der Waals surface area (Å²) in [6, 6.07) is 0. The first-order chi connectivity index (χ1) is 12.1. The van der Waals surface area contributed by atoms with Gasteiger partial charge >= 0.3 is 6.18 Å². The van der Waals surface area contributed by atoms with Crippen molar-refractivity contribution in [1.29, 1.82) is 0 Å². The Balaban J connectivity index is 3.01. The molecule has 0 unspecified atom stereocenters. The number of aliphatic hydroxyl groups is 1. The number of rotatable bonds is 19. The summed E-state index contributed by atoms with van der Waals surface area (Å²) in [5.41, 5.74) is 0. The van der Waals surface area contributed by atoms with E-state index in [2.05, 4.69) is 0 Å². The van der Waals surface area contributed by atoms with Crippen molar-refractivity contribution < 1.29 is 18.3 Å². The lowest BCUT2D eigenvalue weighted by atomic mass is 10.0. The fraction of sp³-hybridized carbons (Fsp3) is 1.00. The van der Waals surface area contributed by atoms with Crippen molar-refractivity contribution in [1.82, 2.24) is 0 Å². The van der Waals surface area contributed by atoms with E-state index in [9.17, 15) is 13.2 Å². The summed E-state index contributed by atoms with van der Waals surface area (Å²) < 4.78 is 35.9. The molecule has 0 aromatic rings. The van der Waals surface area contributed by atoms with Gasteiger partial charge in [0.15, 0.2) is 0 Å². The van der Waals surface area contributed by atoms with E-state index >= 15 is 0 Å². The van der Waals surface area contributed by atoms with E-state index in [0.29, 0.717) is 13.0 Å². The number of thioether (sulfide) groups is 1. The van der Waals surface area contributed by atoms with Crippen molar-refractivity contribution in [2.45, 2.75) is 109 Å².